The maximum absolute atomic E-state index is 12.0. The summed E-state index contributed by atoms with van der Waals surface area (Å²) in [4.78, 5) is 47.2. The number of hydrogen-bond acceptors (Lipinski definition) is 9. The van der Waals surface area contributed by atoms with Gasteiger partial charge in [-0.15, -0.1) is 0 Å². The lowest BCUT2D eigenvalue weighted by molar-refractivity contribution is -0.692. The fraction of sp³-hybridized carbons (Fsp3) is 0.458. The van der Waals surface area contributed by atoms with Gasteiger partial charge in [0.05, 0.1) is 6.54 Å². The monoisotopic (exact) mass is 488 g/mol. The van der Waals surface area contributed by atoms with Crippen LogP contribution in [-0.4, -0.2) is 59.5 Å². The second kappa shape index (κ2) is 11.6. The van der Waals surface area contributed by atoms with E-state index in [2.05, 4.69) is 6.33 Å². The summed E-state index contributed by atoms with van der Waals surface area (Å²) in [5.41, 5.74) is 1.04. The Bertz CT molecular complexity index is 1050. The van der Waals surface area contributed by atoms with E-state index in [-0.39, 0.29) is 6.61 Å². The second-order valence-electron chi connectivity index (χ2n) is 8.01. The summed E-state index contributed by atoms with van der Waals surface area (Å²) in [6.07, 6.45) is 0.824. The van der Waals surface area contributed by atoms with Crippen molar-refractivity contribution in [2.24, 2.45) is 0 Å². The molecule has 188 valence electrons. The van der Waals surface area contributed by atoms with Gasteiger partial charge in [0.1, 0.15) is 12.7 Å². The van der Waals surface area contributed by atoms with Gasteiger partial charge in [0.25, 0.3) is 0 Å². The number of ether oxygens (including phenoxy) is 5. The Morgan fingerprint density at radius 1 is 0.886 bits per heavy atom. The van der Waals surface area contributed by atoms with Crippen molar-refractivity contribution in [3.05, 3.63) is 54.6 Å². The van der Waals surface area contributed by atoms with Crippen LogP contribution in [0.15, 0.2) is 42.7 Å². The van der Waals surface area contributed by atoms with Gasteiger partial charge in [-0.1, -0.05) is 30.3 Å². The molecule has 35 heavy (non-hydrogen) atoms. The molecule has 1 aromatic carbocycles. The van der Waals surface area contributed by atoms with Crippen molar-refractivity contribution in [3.8, 4) is 0 Å². The van der Waals surface area contributed by atoms with Gasteiger partial charge in [-0.05, 0) is 18.0 Å². The third kappa shape index (κ3) is 7.12. The fourth-order valence-corrected chi connectivity index (χ4v) is 3.81. The van der Waals surface area contributed by atoms with E-state index in [0.29, 0.717) is 6.54 Å². The number of nitrogens with zero attached hydrogens (tertiary/aromatic N) is 2. The molecule has 1 aliphatic heterocycles. The minimum atomic E-state index is -1.24. The Hall–Kier alpha value is -3.73. The highest BCUT2D eigenvalue weighted by Crippen LogP contribution is 2.34. The number of imidazole rings is 1. The quantitative estimate of drug-likeness (QED) is 0.231. The molecule has 1 aromatic heterocycles. The molecular formula is C24H28N2O9. The van der Waals surface area contributed by atoms with Gasteiger partial charge in [-0.2, -0.15) is 0 Å². The SMILES string of the molecule is CC(=O)OC[C@H]1O[C@@H](n2[c-][n+](Cc3ccccc3)cc2)[C@H](OC(C)=O)[C@@H](OC(C)=O)[C@@H]1OC(C)=O. The topological polar surface area (TPSA) is 123 Å². The van der Waals surface area contributed by atoms with E-state index < -0.39 is 54.5 Å². The molecule has 5 atom stereocenters. The van der Waals surface area contributed by atoms with Gasteiger partial charge in [0, 0.05) is 27.7 Å². The number of aromatic nitrogens is 2. The minimum Gasteiger partial charge on any atom is -0.463 e. The zero-order valence-electron chi connectivity index (χ0n) is 19.9. The highest BCUT2D eigenvalue weighted by molar-refractivity contribution is 5.68. The maximum atomic E-state index is 12.0. The van der Waals surface area contributed by atoms with Crippen LogP contribution in [0.4, 0.5) is 0 Å². The van der Waals surface area contributed by atoms with Gasteiger partial charge in [-0.3, -0.25) is 19.2 Å². The van der Waals surface area contributed by atoms with Crippen LogP contribution >= 0.6 is 0 Å². The summed E-state index contributed by atoms with van der Waals surface area (Å²) in [7, 11) is 0. The summed E-state index contributed by atoms with van der Waals surface area (Å²) in [6.45, 7) is 4.99. The van der Waals surface area contributed by atoms with Crippen LogP contribution in [0.25, 0.3) is 0 Å². The molecule has 11 nitrogen and oxygen atoms in total. The molecule has 1 aliphatic rings. The number of rotatable bonds is 8. The molecule has 0 unspecified atom stereocenters. The van der Waals surface area contributed by atoms with E-state index in [1.165, 1.54) is 32.3 Å². The molecule has 0 spiro atoms. The molecule has 2 aromatic rings. The highest BCUT2D eigenvalue weighted by Gasteiger charge is 2.53. The molecule has 0 bridgehead atoms. The van der Waals surface area contributed by atoms with E-state index in [4.69, 9.17) is 23.7 Å². The molecule has 3 rings (SSSR count). The number of esters is 4. The Kier molecular flexibility index (Phi) is 8.58. The first-order chi connectivity index (χ1) is 16.6. The largest absolute Gasteiger partial charge is 0.463 e. The average Bonchev–Trinajstić information content (AvgIpc) is 3.23. The average molecular weight is 488 g/mol. The van der Waals surface area contributed by atoms with Crippen LogP contribution in [0.1, 0.15) is 39.5 Å². The van der Waals surface area contributed by atoms with Gasteiger partial charge >= 0.3 is 23.9 Å². The zero-order valence-corrected chi connectivity index (χ0v) is 19.9. The van der Waals surface area contributed by atoms with Crippen molar-refractivity contribution in [2.75, 3.05) is 6.61 Å². The summed E-state index contributed by atoms with van der Waals surface area (Å²) < 4.78 is 30.9. The maximum Gasteiger partial charge on any atom is 0.303 e. The van der Waals surface area contributed by atoms with E-state index in [0.717, 1.165) is 5.56 Å². The first kappa shape index (κ1) is 25.9. The lowest BCUT2D eigenvalue weighted by Crippen LogP contribution is -2.60. The van der Waals surface area contributed by atoms with Crippen molar-refractivity contribution in [1.29, 1.82) is 0 Å². The summed E-state index contributed by atoms with van der Waals surface area (Å²) in [5, 5.41) is 0. The van der Waals surface area contributed by atoms with Gasteiger partial charge < -0.3 is 32.8 Å². The van der Waals surface area contributed by atoms with Crippen molar-refractivity contribution >= 4 is 23.9 Å². The van der Waals surface area contributed by atoms with Crippen LogP contribution in [0, 0.1) is 6.33 Å². The number of benzene rings is 1. The number of carbonyl (C=O) groups is 4. The number of carbonyl (C=O) groups excluding carboxylic acids is 4. The predicted octanol–water partition coefficient (Wildman–Crippen LogP) is 0.880. The summed E-state index contributed by atoms with van der Waals surface area (Å²) >= 11 is 0. The van der Waals surface area contributed by atoms with Gasteiger partial charge in [0.2, 0.25) is 18.7 Å². The summed E-state index contributed by atoms with van der Waals surface area (Å²) in [5.74, 6) is -2.61. The number of hydrogen-bond donors (Lipinski definition) is 0. The fourth-order valence-electron chi connectivity index (χ4n) is 3.81. The highest BCUT2D eigenvalue weighted by atomic mass is 16.7. The van der Waals surface area contributed by atoms with Crippen LogP contribution in [0.2, 0.25) is 0 Å². The Labute approximate surface area is 202 Å². The molecule has 2 heterocycles. The third-order valence-electron chi connectivity index (χ3n) is 5.09. The Morgan fingerprint density at radius 3 is 2.09 bits per heavy atom. The molecule has 0 radical (unpaired) electrons. The van der Waals surface area contributed by atoms with E-state index >= 15 is 0 Å². The van der Waals surface area contributed by atoms with Crippen molar-refractivity contribution in [2.45, 2.75) is 64.9 Å². The second-order valence-corrected chi connectivity index (χ2v) is 8.01. The lowest BCUT2D eigenvalue weighted by atomic mass is 9.97. The third-order valence-corrected chi connectivity index (χ3v) is 5.09. The normalized spacial score (nSPS) is 23.7. The van der Waals surface area contributed by atoms with E-state index in [9.17, 15) is 19.2 Å². The lowest BCUT2D eigenvalue weighted by Gasteiger charge is -2.43. The minimum absolute atomic E-state index is 0.292. The summed E-state index contributed by atoms with van der Waals surface area (Å²) in [6, 6.07) is 9.69. The standard InChI is InChI=1S/C24H28N2O9/c1-15(27)31-13-20-21(32-16(2)28)22(33-17(3)29)23(34-18(4)30)24(35-20)26-11-10-25(14-26)12-19-8-6-5-7-9-19/h5-11,20-24H,12-13H2,1-4H3/t20-,21-,22+,23-,24-/m1/s1. The van der Waals surface area contributed by atoms with Crippen LogP contribution < -0.4 is 4.57 Å². The first-order valence-electron chi connectivity index (χ1n) is 11.0. The van der Waals surface area contributed by atoms with E-state index in [1.54, 1.807) is 17.0 Å². The molecule has 1 saturated heterocycles. The van der Waals surface area contributed by atoms with Crippen molar-refractivity contribution < 1.29 is 47.4 Å². The first-order valence-corrected chi connectivity index (χ1v) is 11.0. The smallest absolute Gasteiger partial charge is 0.303 e. The van der Waals surface area contributed by atoms with Crippen LogP contribution in [-0.2, 0) is 49.4 Å². The molecule has 0 aliphatic carbocycles. The molecule has 0 amide bonds. The van der Waals surface area contributed by atoms with Crippen molar-refractivity contribution in [3.63, 3.8) is 0 Å². The van der Waals surface area contributed by atoms with Crippen LogP contribution in [0.3, 0.4) is 0 Å². The molecule has 0 saturated carbocycles. The van der Waals surface area contributed by atoms with Crippen molar-refractivity contribution in [1.82, 2.24) is 4.57 Å². The Morgan fingerprint density at radius 2 is 1.49 bits per heavy atom. The molecule has 1 fully saturated rings. The van der Waals surface area contributed by atoms with E-state index in [1.807, 2.05) is 30.3 Å². The van der Waals surface area contributed by atoms with Gasteiger partial charge in [0.15, 0.2) is 12.2 Å². The molecule has 11 heteroatoms. The Balaban J connectivity index is 1.98. The van der Waals surface area contributed by atoms with Gasteiger partial charge in [-0.25, -0.2) is 0 Å². The predicted molar refractivity (Wildman–Crippen MR) is 116 cm³/mol. The van der Waals surface area contributed by atoms with Crippen LogP contribution in [0.5, 0.6) is 0 Å². The molecular weight excluding hydrogens is 460 g/mol. The molecule has 0 N–H and O–H groups in total. The zero-order chi connectivity index (χ0) is 25.5.